The van der Waals surface area contributed by atoms with E-state index in [1.807, 2.05) is 0 Å². The molecule has 0 aromatic carbocycles. The number of carbonyl (C=O) groups excluding carboxylic acids is 1. The third-order valence-electron chi connectivity index (χ3n) is 4.11. The van der Waals surface area contributed by atoms with Crippen molar-refractivity contribution in [2.45, 2.75) is 56.8 Å². The first kappa shape index (κ1) is 15.1. The Kier molecular flexibility index (Phi) is 4.86. The maximum atomic E-state index is 11.5. The lowest BCUT2D eigenvalue weighted by molar-refractivity contribution is -0.184. The Hall–Kier alpha value is -1.30. The first-order valence-corrected chi connectivity index (χ1v) is 7.13. The molecule has 1 aliphatic carbocycles. The van der Waals surface area contributed by atoms with Crippen LogP contribution in [0.25, 0.3) is 10.4 Å². The molecule has 0 aromatic rings. The van der Waals surface area contributed by atoms with Gasteiger partial charge in [-0.1, -0.05) is 5.11 Å². The predicted octanol–water partition coefficient (Wildman–Crippen LogP) is 2.70. The van der Waals surface area contributed by atoms with Gasteiger partial charge in [0.15, 0.2) is 5.79 Å². The smallest absolute Gasteiger partial charge is 0.305 e. The van der Waals surface area contributed by atoms with Crippen LogP contribution in [0.3, 0.4) is 0 Å². The molecule has 1 saturated heterocycles. The van der Waals surface area contributed by atoms with Gasteiger partial charge in [0.25, 0.3) is 0 Å². The van der Waals surface area contributed by atoms with Crippen molar-refractivity contribution < 1.29 is 19.0 Å². The minimum atomic E-state index is -0.512. The third-order valence-corrected chi connectivity index (χ3v) is 4.11. The molecule has 0 radical (unpaired) electrons. The number of hydrogen-bond donors (Lipinski definition) is 0. The molecule has 0 unspecified atom stereocenters. The van der Waals surface area contributed by atoms with Crippen molar-refractivity contribution in [3.8, 4) is 0 Å². The number of hydrogen-bond acceptors (Lipinski definition) is 5. The van der Waals surface area contributed by atoms with E-state index in [1.54, 1.807) is 6.92 Å². The van der Waals surface area contributed by atoms with Gasteiger partial charge in [0, 0.05) is 29.7 Å². The highest BCUT2D eigenvalue weighted by molar-refractivity contribution is 5.69. The Bertz CT molecular complexity index is 390. The number of esters is 1. The Balaban J connectivity index is 1.94. The van der Waals surface area contributed by atoms with Crippen molar-refractivity contribution in [2.24, 2.45) is 5.11 Å². The normalized spacial score (nSPS) is 23.2. The quantitative estimate of drug-likeness (QED) is 0.335. The van der Waals surface area contributed by atoms with Crippen molar-refractivity contribution in [2.75, 3.05) is 19.8 Å². The highest BCUT2D eigenvalue weighted by Gasteiger charge is 2.46. The number of rotatable bonds is 5. The molecule has 0 atom stereocenters. The minimum absolute atomic E-state index is 0.242. The molecular weight excluding hydrogens is 262 g/mol. The van der Waals surface area contributed by atoms with Crippen LogP contribution in [-0.2, 0) is 19.0 Å². The van der Waals surface area contributed by atoms with E-state index in [1.165, 1.54) is 0 Å². The van der Waals surface area contributed by atoms with E-state index >= 15 is 0 Å². The fourth-order valence-electron chi connectivity index (χ4n) is 2.94. The molecule has 20 heavy (non-hydrogen) atoms. The van der Waals surface area contributed by atoms with E-state index in [2.05, 4.69) is 10.0 Å². The Morgan fingerprint density at radius 1 is 1.30 bits per heavy atom. The summed E-state index contributed by atoms with van der Waals surface area (Å²) in [6.07, 6.45) is 3.56. The van der Waals surface area contributed by atoms with Crippen LogP contribution < -0.4 is 0 Å². The molecule has 0 N–H and O–H groups in total. The second-order valence-corrected chi connectivity index (χ2v) is 5.33. The van der Waals surface area contributed by atoms with E-state index in [0.717, 1.165) is 0 Å². The number of carbonyl (C=O) groups is 1. The van der Waals surface area contributed by atoms with Crippen LogP contribution in [0.4, 0.5) is 0 Å². The van der Waals surface area contributed by atoms with E-state index < -0.39 is 11.3 Å². The summed E-state index contributed by atoms with van der Waals surface area (Å²) < 4.78 is 16.3. The van der Waals surface area contributed by atoms with Gasteiger partial charge in [0.1, 0.15) is 0 Å². The summed E-state index contributed by atoms with van der Waals surface area (Å²) in [6.45, 7) is 3.40. The van der Waals surface area contributed by atoms with Crippen LogP contribution in [0.2, 0.25) is 0 Å². The van der Waals surface area contributed by atoms with Crippen LogP contribution in [0.15, 0.2) is 5.11 Å². The minimum Gasteiger partial charge on any atom is -0.466 e. The highest BCUT2D eigenvalue weighted by Crippen LogP contribution is 2.44. The second-order valence-electron chi connectivity index (χ2n) is 5.33. The average Bonchev–Trinajstić information content (AvgIpc) is 2.90. The van der Waals surface area contributed by atoms with Gasteiger partial charge < -0.3 is 14.2 Å². The summed E-state index contributed by atoms with van der Waals surface area (Å²) in [5.41, 5.74) is 8.28. The van der Waals surface area contributed by atoms with Crippen LogP contribution in [-0.4, -0.2) is 37.1 Å². The monoisotopic (exact) mass is 283 g/mol. The summed E-state index contributed by atoms with van der Waals surface area (Å²) in [5.74, 6) is -0.730. The zero-order valence-corrected chi connectivity index (χ0v) is 11.8. The van der Waals surface area contributed by atoms with Crippen molar-refractivity contribution >= 4 is 5.97 Å². The highest BCUT2D eigenvalue weighted by atomic mass is 16.7. The van der Waals surface area contributed by atoms with Crippen molar-refractivity contribution in [1.82, 2.24) is 0 Å². The number of ether oxygens (including phenoxy) is 3. The Labute approximate surface area is 118 Å². The summed E-state index contributed by atoms with van der Waals surface area (Å²) in [6, 6.07) is 0. The van der Waals surface area contributed by atoms with Gasteiger partial charge in [-0.25, -0.2) is 0 Å². The molecule has 1 spiro atoms. The fraction of sp³-hybridized carbons (Fsp3) is 0.923. The van der Waals surface area contributed by atoms with Gasteiger partial charge in [0.05, 0.1) is 19.8 Å². The lowest BCUT2D eigenvalue weighted by Crippen LogP contribution is -2.42. The van der Waals surface area contributed by atoms with Crippen molar-refractivity contribution in [3.05, 3.63) is 10.4 Å². The predicted molar refractivity (Wildman–Crippen MR) is 70.8 cm³/mol. The molecule has 7 nitrogen and oxygen atoms in total. The lowest BCUT2D eigenvalue weighted by atomic mass is 9.76. The summed E-state index contributed by atoms with van der Waals surface area (Å²) in [4.78, 5) is 14.4. The van der Waals surface area contributed by atoms with E-state index in [-0.39, 0.29) is 12.4 Å². The molecule has 1 aliphatic heterocycles. The Morgan fingerprint density at radius 3 is 2.50 bits per heavy atom. The molecule has 1 heterocycles. The van der Waals surface area contributed by atoms with Crippen LogP contribution in [0, 0.1) is 0 Å². The molecule has 2 fully saturated rings. The van der Waals surface area contributed by atoms with Gasteiger partial charge in [-0.2, -0.15) is 0 Å². The van der Waals surface area contributed by atoms with Crippen molar-refractivity contribution in [1.29, 1.82) is 0 Å². The Morgan fingerprint density at radius 2 is 1.95 bits per heavy atom. The fourth-order valence-corrected chi connectivity index (χ4v) is 2.94. The number of azide groups is 1. The molecule has 2 rings (SSSR count). The summed E-state index contributed by atoms with van der Waals surface area (Å²) in [7, 11) is 0. The molecule has 7 heteroatoms. The summed E-state index contributed by atoms with van der Waals surface area (Å²) in [5, 5.41) is 3.96. The first-order valence-electron chi connectivity index (χ1n) is 7.13. The van der Waals surface area contributed by atoms with Gasteiger partial charge in [0.2, 0.25) is 0 Å². The van der Waals surface area contributed by atoms with E-state index in [4.69, 9.17) is 19.7 Å². The molecule has 0 amide bonds. The SMILES string of the molecule is CCOC(=O)CCC1(N=[N+]=[N-])CCC2(CC1)OCCO2. The molecule has 0 aromatic heterocycles. The maximum absolute atomic E-state index is 11.5. The molecule has 1 saturated carbocycles. The number of nitrogens with zero attached hydrogens (tertiary/aromatic N) is 3. The molecule has 112 valence electrons. The van der Waals surface area contributed by atoms with Gasteiger partial charge in [-0.05, 0) is 31.7 Å². The maximum Gasteiger partial charge on any atom is 0.305 e. The summed E-state index contributed by atoms with van der Waals surface area (Å²) >= 11 is 0. The van der Waals surface area contributed by atoms with E-state index in [9.17, 15) is 4.79 Å². The zero-order valence-electron chi connectivity index (χ0n) is 11.8. The molecule has 0 bridgehead atoms. The van der Waals surface area contributed by atoms with Crippen LogP contribution in [0.1, 0.15) is 45.4 Å². The third kappa shape index (κ3) is 3.42. The topological polar surface area (TPSA) is 93.5 Å². The van der Waals surface area contributed by atoms with Gasteiger partial charge in [-0.3, -0.25) is 4.79 Å². The molecule has 2 aliphatic rings. The van der Waals surface area contributed by atoms with Gasteiger partial charge >= 0.3 is 5.97 Å². The average molecular weight is 283 g/mol. The zero-order chi connectivity index (χ0) is 14.5. The standard InChI is InChI=1S/C13H21N3O4/c1-2-18-11(17)3-4-12(15-16-14)5-7-13(8-6-12)19-9-10-20-13/h2-10H2,1H3. The second kappa shape index (κ2) is 6.43. The largest absolute Gasteiger partial charge is 0.466 e. The van der Waals surface area contributed by atoms with Crippen LogP contribution in [0.5, 0.6) is 0 Å². The van der Waals surface area contributed by atoms with Gasteiger partial charge in [-0.15, -0.1) is 0 Å². The van der Waals surface area contributed by atoms with Crippen LogP contribution >= 0.6 is 0 Å². The van der Waals surface area contributed by atoms with E-state index in [0.29, 0.717) is 51.9 Å². The lowest BCUT2D eigenvalue weighted by Gasteiger charge is -2.40. The first-order chi connectivity index (χ1) is 9.64. The molecular formula is C13H21N3O4. The van der Waals surface area contributed by atoms with Crippen molar-refractivity contribution in [3.63, 3.8) is 0 Å².